The number of ether oxygens (including phenoxy) is 1. The van der Waals surface area contributed by atoms with Gasteiger partial charge in [0, 0.05) is 37.9 Å². The smallest absolute Gasteiger partial charge is 0.227 e. The zero-order chi connectivity index (χ0) is 13.9. The minimum Gasteiger partial charge on any atom is -0.377 e. The van der Waals surface area contributed by atoms with Gasteiger partial charge in [-0.25, -0.2) is 4.98 Å². The van der Waals surface area contributed by atoms with Gasteiger partial charge in [0.05, 0.1) is 19.3 Å². The molecule has 0 amide bonds. The molecule has 0 spiro atoms. The second-order valence-corrected chi connectivity index (χ2v) is 5.57. The Morgan fingerprint density at radius 1 is 1.25 bits per heavy atom. The van der Waals surface area contributed by atoms with Crippen LogP contribution in [0.3, 0.4) is 0 Å². The molecule has 1 aromatic heterocycles. The van der Waals surface area contributed by atoms with Gasteiger partial charge in [-0.2, -0.15) is 4.98 Å². The highest BCUT2D eigenvalue weighted by Gasteiger charge is 2.21. The lowest BCUT2D eigenvalue weighted by Crippen LogP contribution is -2.45. The lowest BCUT2D eigenvalue weighted by Gasteiger charge is -2.33. The molecular formula is C14H23N5O. The lowest BCUT2D eigenvalue weighted by atomic mass is 10.2. The molecule has 1 N–H and O–H groups in total. The van der Waals surface area contributed by atoms with E-state index in [1.54, 1.807) is 0 Å². The van der Waals surface area contributed by atoms with Crippen molar-refractivity contribution in [3.63, 3.8) is 0 Å². The van der Waals surface area contributed by atoms with Gasteiger partial charge in [-0.15, -0.1) is 0 Å². The average Bonchev–Trinajstić information content (AvgIpc) is 2.43. The zero-order valence-electron chi connectivity index (χ0n) is 12.3. The maximum Gasteiger partial charge on any atom is 0.227 e. The van der Waals surface area contributed by atoms with Gasteiger partial charge >= 0.3 is 0 Å². The molecule has 2 aliphatic heterocycles. The fraction of sp³-hybridized carbons (Fsp3) is 0.714. The summed E-state index contributed by atoms with van der Waals surface area (Å²) in [6, 6.07) is 2.45. The van der Waals surface area contributed by atoms with Gasteiger partial charge in [0.15, 0.2) is 0 Å². The number of nitrogens with zero attached hydrogens (tertiary/aromatic N) is 4. The van der Waals surface area contributed by atoms with Crippen LogP contribution < -0.4 is 10.2 Å². The first-order valence-corrected chi connectivity index (χ1v) is 7.40. The van der Waals surface area contributed by atoms with Crippen molar-refractivity contribution in [3.05, 3.63) is 11.8 Å². The molecule has 20 heavy (non-hydrogen) atoms. The fourth-order valence-corrected chi connectivity index (χ4v) is 2.41. The van der Waals surface area contributed by atoms with Crippen molar-refractivity contribution in [1.29, 1.82) is 0 Å². The molecule has 2 fully saturated rings. The van der Waals surface area contributed by atoms with E-state index >= 15 is 0 Å². The molecule has 0 bridgehead atoms. The number of likely N-dealkylation sites (N-methyl/N-ethyl adjacent to an activating group) is 1. The third-order valence-corrected chi connectivity index (χ3v) is 3.91. The van der Waals surface area contributed by atoms with Crippen molar-refractivity contribution in [2.45, 2.75) is 19.4 Å². The molecule has 0 radical (unpaired) electrons. The fourth-order valence-electron chi connectivity index (χ4n) is 2.41. The third-order valence-electron chi connectivity index (χ3n) is 3.91. The molecule has 1 aromatic rings. The SMILES string of the molecule is CCc1cc(NC2COC2)nc(N2CCN(C)CC2)n1. The van der Waals surface area contributed by atoms with Gasteiger partial charge in [0.1, 0.15) is 5.82 Å². The maximum absolute atomic E-state index is 5.20. The summed E-state index contributed by atoms with van der Waals surface area (Å²) in [5.74, 6) is 1.79. The Labute approximate surface area is 120 Å². The van der Waals surface area contributed by atoms with Gasteiger partial charge in [-0.1, -0.05) is 6.92 Å². The van der Waals surface area contributed by atoms with Crippen LogP contribution in [-0.2, 0) is 11.2 Å². The summed E-state index contributed by atoms with van der Waals surface area (Å²) in [6.45, 7) is 7.81. The van der Waals surface area contributed by atoms with E-state index in [2.05, 4.69) is 45.1 Å². The molecule has 2 aliphatic rings. The van der Waals surface area contributed by atoms with Gasteiger partial charge < -0.3 is 19.9 Å². The second kappa shape index (κ2) is 5.93. The van der Waals surface area contributed by atoms with E-state index in [1.807, 2.05) is 0 Å². The number of rotatable bonds is 4. The van der Waals surface area contributed by atoms with Crippen molar-refractivity contribution in [2.24, 2.45) is 0 Å². The van der Waals surface area contributed by atoms with Crippen LogP contribution in [0.15, 0.2) is 6.07 Å². The quantitative estimate of drug-likeness (QED) is 0.870. The van der Waals surface area contributed by atoms with Crippen molar-refractivity contribution < 1.29 is 4.74 Å². The molecule has 2 saturated heterocycles. The number of hydrogen-bond donors (Lipinski definition) is 1. The van der Waals surface area contributed by atoms with Gasteiger partial charge in [0.25, 0.3) is 0 Å². The Morgan fingerprint density at radius 2 is 2.00 bits per heavy atom. The highest BCUT2D eigenvalue weighted by atomic mass is 16.5. The van der Waals surface area contributed by atoms with Crippen molar-refractivity contribution in [1.82, 2.24) is 14.9 Å². The van der Waals surface area contributed by atoms with Crippen molar-refractivity contribution in [2.75, 3.05) is 56.7 Å². The molecule has 3 heterocycles. The largest absolute Gasteiger partial charge is 0.377 e. The predicted molar refractivity (Wildman–Crippen MR) is 79.3 cm³/mol. The molecule has 0 unspecified atom stereocenters. The molecule has 3 rings (SSSR count). The second-order valence-electron chi connectivity index (χ2n) is 5.57. The standard InChI is InChI=1S/C14H23N5O/c1-3-11-8-13(15-12-9-20-10-12)17-14(16-11)19-6-4-18(2)5-7-19/h8,12H,3-7,9-10H2,1-2H3,(H,15,16,17). The number of hydrogen-bond acceptors (Lipinski definition) is 6. The van der Waals surface area contributed by atoms with Gasteiger partial charge in [-0.3, -0.25) is 0 Å². The summed E-state index contributed by atoms with van der Waals surface area (Å²) in [4.78, 5) is 14.0. The first-order valence-electron chi connectivity index (χ1n) is 7.40. The minimum absolute atomic E-state index is 0.398. The Balaban J connectivity index is 1.76. The van der Waals surface area contributed by atoms with E-state index in [9.17, 15) is 0 Å². The third kappa shape index (κ3) is 3.02. The number of anilines is 2. The molecule has 110 valence electrons. The molecule has 0 aliphatic carbocycles. The summed E-state index contributed by atoms with van der Waals surface area (Å²) in [5, 5.41) is 3.43. The lowest BCUT2D eigenvalue weighted by molar-refractivity contribution is 0.0209. The van der Waals surface area contributed by atoms with Crippen LogP contribution in [0, 0.1) is 0 Å². The summed E-state index contributed by atoms with van der Waals surface area (Å²) < 4.78 is 5.20. The van der Waals surface area contributed by atoms with E-state index < -0.39 is 0 Å². The van der Waals surface area contributed by atoms with Gasteiger partial charge in [0.2, 0.25) is 5.95 Å². The topological polar surface area (TPSA) is 53.5 Å². The van der Waals surface area contributed by atoms with Crippen LogP contribution in [0.4, 0.5) is 11.8 Å². The molecular weight excluding hydrogens is 254 g/mol. The normalized spacial score (nSPS) is 20.8. The first kappa shape index (κ1) is 13.6. The number of nitrogens with one attached hydrogen (secondary N) is 1. The Bertz CT molecular complexity index is 455. The zero-order valence-corrected chi connectivity index (χ0v) is 12.3. The molecule has 6 nitrogen and oxygen atoms in total. The van der Waals surface area contributed by atoms with Gasteiger partial charge in [-0.05, 0) is 13.5 Å². The monoisotopic (exact) mass is 277 g/mol. The van der Waals surface area contributed by atoms with E-state index in [0.717, 1.165) is 63.3 Å². The van der Waals surface area contributed by atoms with E-state index in [4.69, 9.17) is 4.74 Å². The Hall–Kier alpha value is -1.40. The summed E-state index contributed by atoms with van der Waals surface area (Å²) >= 11 is 0. The van der Waals surface area contributed by atoms with Crippen LogP contribution in [0.2, 0.25) is 0 Å². The van der Waals surface area contributed by atoms with E-state index in [1.165, 1.54) is 0 Å². The minimum atomic E-state index is 0.398. The molecule has 0 saturated carbocycles. The maximum atomic E-state index is 5.20. The summed E-state index contributed by atoms with van der Waals surface area (Å²) in [5.41, 5.74) is 1.09. The van der Waals surface area contributed by atoms with Crippen LogP contribution >= 0.6 is 0 Å². The number of aryl methyl sites for hydroxylation is 1. The predicted octanol–water partition coefficient (Wildman–Crippen LogP) is 0.601. The van der Waals surface area contributed by atoms with E-state index in [-0.39, 0.29) is 0 Å². The van der Waals surface area contributed by atoms with Crippen molar-refractivity contribution in [3.8, 4) is 0 Å². The highest BCUT2D eigenvalue weighted by Crippen LogP contribution is 2.18. The van der Waals surface area contributed by atoms with Crippen LogP contribution in [-0.4, -0.2) is 67.4 Å². The summed E-state index contributed by atoms with van der Waals surface area (Å²) in [6.07, 6.45) is 0.930. The molecule has 0 aromatic carbocycles. The summed E-state index contributed by atoms with van der Waals surface area (Å²) in [7, 11) is 2.16. The molecule has 6 heteroatoms. The van der Waals surface area contributed by atoms with E-state index in [0.29, 0.717) is 6.04 Å². The average molecular weight is 277 g/mol. The highest BCUT2D eigenvalue weighted by molar-refractivity contribution is 5.45. The first-order chi connectivity index (χ1) is 9.74. The number of piperazine rings is 1. The molecule has 0 atom stereocenters. The van der Waals surface area contributed by atoms with Crippen LogP contribution in [0.1, 0.15) is 12.6 Å². The van der Waals surface area contributed by atoms with Crippen molar-refractivity contribution >= 4 is 11.8 Å². The Kier molecular flexibility index (Phi) is 4.03. The number of aromatic nitrogens is 2. The van der Waals surface area contributed by atoms with Crippen LogP contribution in [0.5, 0.6) is 0 Å². The van der Waals surface area contributed by atoms with Crippen LogP contribution in [0.25, 0.3) is 0 Å². The Morgan fingerprint density at radius 3 is 2.60 bits per heavy atom.